The van der Waals surface area contributed by atoms with Crippen LogP contribution >= 0.6 is 11.6 Å². The number of amides is 2. The second-order valence-corrected chi connectivity index (χ2v) is 5.84. The van der Waals surface area contributed by atoms with Gasteiger partial charge in [0.1, 0.15) is 17.4 Å². The van der Waals surface area contributed by atoms with E-state index in [2.05, 4.69) is 10.6 Å². The smallest absolute Gasteiger partial charge is 0.326 e. The molecule has 0 fully saturated rings. The van der Waals surface area contributed by atoms with Crippen LogP contribution in [0.4, 0.5) is 28.9 Å². The zero-order valence-electron chi connectivity index (χ0n) is 13.7. The quantitative estimate of drug-likeness (QED) is 0.766. The normalized spacial score (nSPS) is 11.2. The average molecular weight is 406 g/mol. The van der Waals surface area contributed by atoms with Gasteiger partial charge >= 0.3 is 6.18 Å². The second-order valence-electron chi connectivity index (χ2n) is 5.43. The van der Waals surface area contributed by atoms with Crippen molar-refractivity contribution < 1.29 is 27.2 Å². The number of alkyl halides is 3. The number of halogens is 5. The van der Waals surface area contributed by atoms with Crippen LogP contribution in [-0.2, 0) is 22.3 Å². The van der Waals surface area contributed by atoms with Crippen molar-refractivity contribution >= 4 is 34.8 Å². The van der Waals surface area contributed by atoms with E-state index in [1.165, 1.54) is 13.0 Å². The van der Waals surface area contributed by atoms with Crippen molar-refractivity contribution in [3.8, 4) is 0 Å². The molecule has 27 heavy (non-hydrogen) atoms. The molecule has 0 spiro atoms. The van der Waals surface area contributed by atoms with Crippen LogP contribution in [0.3, 0.4) is 0 Å². The zero-order chi connectivity index (χ0) is 20.4. The first-order valence-electron chi connectivity index (χ1n) is 7.31. The van der Waals surface area contributed by atoms with Crippen molar-refractivity contribution in [3.63, 3.8) is 0 Å². The van der Waals surface area contributed by atoms with E-state index < -0.39 is 46.5 Å². The minimum absolute atomic E-state index is 0.193. The maximum atomic E-state index is 13.8. The van der Waals surface area contributed by atoms with Gasteiger partial charge in [-0.25, -0.2) is 4.39 Å². The summed E-state index contributed by atoms with van der Waals surface area (Å²) in [7, 11) is 0. The number of pyridine rings is 1. The van der Waals surface area contributed by atoms with Gasteiger partial charge in [0.2, 0.25) is 11.8 Å². The maximum absolute atomic E-state index is 13.8. The van der Waals surface area contributed by atoms with Crippen LogP contribution in [0.5, 0.6) is 0 Å². The number of aromatic nitrogens is 1. The van der Waals surface area contributed by atoms with E-state index in [-0.39, 0.29) is 11.4 Å². The predicted molar refractivity (Wildman–Crippen MR) is 90.0 cm³/mol. The highest BCUT2D eigenvalue weighted by atomic mass is 35.5. The molecule has 2 aromatic rings. The molecule has 2 rings (SSSR count). The number of hydrogen-bond donors (Lipinski definition) is 2. The minimum Gasteiger partial charge on any atom is -0.326 e. The van der Waals surface area contributed by atoms with E-state index in [0.717, 1.165) is 12.1 Å². The Kier molecular flexibility index (Phi) is 5.89. The Morgan fingerprint density at radius 3 is 2.44 bits per heavy atom. The Morgan fingerprint density at radius 1 is 1.19 bits per heavy atom. The molecule has 1 aromatic heterocycles. The summed E-state index contributed by atoms with van der Waals surface area (Å²) in [6.07, 6.45) is -4.33. The lowest BCUT2D eigenvalue weighted by atomic mass is 10.2. The summed E-state index contributed by atoms with van der Waals surface area (Å²) in [6.45, 7) is 0.400. The lowest BCUT2D eigenvalue weighted by Crippen LogP contribution is -2.29. The van der Waals surface area contributed by atoms with Crippen LogP contribution in [0.15, 0.2) is 35.3 Å². The highest BCUT2D eigenvalue weighted by Crippen LogP contribution is 2.29. The van der Waals surface area contributed by atoms with E-state index in [1.807, 2.05) is 0 Å². The van der Waals surface area contributed by atoms with E-state index >= 15 is 0 Å². The molecular weight excluding hydrogens is 394 g/mol. The van der Waals surface area contributed by atoms with Gasteiger partial charge in [0.25, 0.3) is 5.56 Å². The molecule has 144 valence electrons. The fourth-order valence-corrected chi connectivity index (χ4v) is 2.34. The molecule has 11 heteroatoms. The lowest BCUT2D eigenvalue weighted by Gasteiger charge is -2.13. The van der Waals surface area contributed by atoms with Crippen LogP contribution < -0.4 is 16.2 Å². The third-order valence-corrected chi connectivity index (χ3v) is 3.52. The number of rotatable bonds is 4. The molecule has 1 aromatic carbocycles. The molecule has 0 aliphatic rings. The van der Waals surface area contributed by atoms with Crippen LogP contribution in [-0.4, -0.2) is 16.4 Å². The van der Waals surface area contributed by atoms with Crippen molar-refractivity contribution in [2.75, 3.05) is 10.6 Å². The fourth-order valence-electron chi connectivity index (χ4n) is 2.12. The van der Waals surface area contributed by atoms with Gasteiger partial charge in [-0.15, -0.1) is 0 Å². The minimum atomic E-state index is -4.77. The average Bonchev–Trinajstić information content (AvgIpc) is 2.53. The molecule has 0 atom stereocenters. The summed E-state index contributed by atoms with van der Waals surface area (Å²) in [5.74, 6) is -2.23. The summed E-state index contributed by atoms with van der Waals surface area (Å²) in [4.78, 5) is 34.9. The summed E-state index contributed by atoms with van der Waals surface area (Å²) in [5, 5.41) is 3.80. The third kappa shape index (κ3) is 5.30. The molecule has 0 saturated carbocycles. The van der Waals surface area contributed by atoms with Crippen LogP contribution in [0.25, 0.3) is 0 Å². The molecule has 0 bridgehead atoms. The van der Waals surface area contributed by atoms with Crippen LogP contribution in [0, 0.1) is 5.82 Å². The summed E-state index contributed by atoms with van der Waals surface area (Å²) in [5.41, 5.74) is -2.35. The zero-order valence-corrected chi connectivity index (χ0v) is 14.4. The molecule has 0 unspecified atom stereocenters. The first-order chi connectivity index (χ1) is 12.5. The predicted octanol–water partition coefficient (Wildman–Crippen LogP) is 3.26. The number of anilines is 2. The summed E-state index contributed by atoms with van der Waals surface area (Å²) < 4.78 is 52.7. The molecule has 2 N–H and O–H groups in total. The SMILES string of the molecule is CC(=O)Nc1ccc(F)c(NC(=O)Cn2cc(C(F)(F)F)cc(Cl)c2=O)c1. The number of carbonyl (C=O) groups excluding carboxylic acids is 2. The Hall–Kier alpha value is -2.88. The largest absolute Gasteiger partial charge is 0.417 e. The second kappa shape index (κ2) is 7.78. The first kappa shape index (κ1) is 20.4. The highest BCUT2D eigenvalue weighted by molar-refractivity contribution is 6.30. The number of nitrogens with one attached hydrogen (secondary N) is 2. The Morgan fingerprint density at radius 2 is 1.85 bits per heavy atom. The molecule has 0 radical (unpaired) electrons. The van der Waals surface area contributed by atoms with Crippen molar-refractivity contribution in [2.24, 2.45) is 0 Å². The Balaban J connectivity index is 2.25. The monoisotopic (exact) mass is 405 g/mol. The molecule has 2 amide bonds. The Bertz CT molecular complexity index is 957. The molecule has 1 heterocycles. The van der Waals surface area contributed by atoms with Gasteiger partial charge in [-0.2, -0.15) is 13.2 Å². The summed E-state index contributed by atoms with van der Waals surface area (Å²) >= 11 is 5.50. The van der Waals surface area contributed by atoms with E-state index in [9.17, 15) is 31.9 Å². The van der Waals surface area contributed by atoms with Crippen molar-refractivity contribution in [3.05, 3.63) is 57.2 Å². The van der Waals surface area contributed by atoms with Crippen LogP contribution in [0.2, 0.25) is 5.02 Å². The van der Waals surface area contributed by atoms with E-state index in [1.54, 1.807) is 0 Å². The standard InChI is InChI=1S/C16H12ClF4N3O3/c1-8(25)22-10-2-3-12(18)13(5-10)23-14(26)7-24-6-9(16(19,20)21)4-11(17)15(24)27/h2-6H,7H2,1H3,(H,22,25)(H,23,26). The lowest BCUT2D eigenvalue weighted by molar-refractivity contribution is -0.138. The van der Waals surface area contributed by atoms with Crippen molar-refractivity contribution in [1.29, 1.82) is 0 Å². The van der Waals surface area contributed by atoms with Crippen LogP contribution in [0.1, 0.15) is 12.5 Å². The van der Waals surface area contributed by atoms with Gasteiger partial charge < -0.3 is 15.2 Å². The van der Waals surface area contributed by atoms with Crippen molar-refractivity contribution in [1.82, 2.24) is 4.57 Å². The van der Waals surface area contributed by atoms with E-state index in [0.29, 0.717) is 16.8 Å². The van der Waals surface area contributed by atoms with E-state index in [4.69, 9.17) is 11.6 Å². The number of carbonyl (C=O) groups is 2. The number of benzene rings is 1. The fraction of sp³-hybridized carbons (Fsp3) is 0.188. The molecular formula is C16H12ClF4N3O3. The van der Waals surface area contributed by atoms with Gasteiger partial charge in [-0.1, -0.05) is 11.6 Å². The third-order valence-electron chi connectivity index (χ3n) is 3.24. The first-order valence-corrected chi connectivity index (χ1v) is 7.69. The van der Waals surface area contributed by atoms with Gasteiger partial charge in [-0.05, 0) is 24.3 Å². The van der Waals surface area contributed by atoms with Crippen molar-refractivity contribution in [2.45, 2.75) is 19.6 Å². The Labute approximate surface area is 154 Å². The van der Waals surface area contributed by atoms with Gasteiger partial charge in [0, 0.05) is 18.8 Å². The molecule has 0 aliphatic heterocycles. The van der Waals surface area contributed by atoms with Gasteiger partial charge in [0.05, 0.1) is 11.3 Å². The van der Waals surface area contributed by atoms with Gasteiger partial charge in [-0.3, -0.25) is 14.4 Å². The number of nitrogens with zero attached hydrogens (tertiary/aromatic N) is 1. The molecule has 0 aliphatic carbocycles. The topological polar surface area (TPSA) is 80.2 Å². The number of hydrogen-bond acceptors (Lipinski definition) is 3. The van der Waals surface area contributed by atoms with Gasteiger partial charge in [0.15, 0.2) is 0 Å². The molecule has 0 saturated heterocycles. The highest BCUT2D eigenvalue weighted by Gasteiger charge is 2.32. The maximum Gasteiger partial charge on any atom is 0.417 e. The molecule has 6 nitrogen and oxygen atoms in total. The summed E-state index contributed by atoms with van der Waals surface area (Å²) in [6, 6.07) is 3.81.